The van der Waals surface area contributed by atoms with Gasteiger partial charge in [0.25, 0.3) is 5.69 Å². The third-order valence-corrected chi connectivity index (χ3v) is 9.94. The van der Waals surface area contributed by atoms with Crippen molar-refractivity contribution in [3.05, 3.63) is 88.5 Å². The van der Waals surface area contributed by atoms with Crippen molar-refractivity contribution in [2.45, 2.75) is 82.4 Å². The molecule has 1 saturated heterocycles. The number of hydrogen-bond donors (Lipinski definition) is 1. The first-order valence-electron chi connectivity index (χ1n) is 16.6. The maximum absolute atomic E-state index is 13.1. The van der Waals surface area contributed by atoms with Crippen LogP contribution in [-0.4, -0.2) is 88.6 Å². The highest BCUT2D eigenvalue weighted by molar-refractivity contribution is 5.74. The molecule has 1 amide bonds. The van der Waals surface area contributed by atoms with Crippen LogP contribution in [0.2, 0.25) is 0 Å². The predicted molar refractivity (Wildman–Crippen MR) is 179 cm³/mol. The van der Waals surface area contributed by atoms with Crippen molar-refractivity contribution in [2.75, 3.05) is 39.8 Å². The molecule has 1 aliphatic heterocycles. The Labute approximate surface area is 273 Å². The third-order valence-electron chi connectivity index (χ3n) is 9.94. The minimum Gasteiger partial charge on any atom is -0.480 e. The number of likely N-dealkylation sites (tertiary alicyclic amines) is 1. The van der Waals surface area contributed by atoms with Gasteiger partial charge in [-0.1, -0.05) is 62.6 Å². The summed E-state index contributed by atoms with van der Waals surface area (Å²) in [5.41, 5.74) is 1.67. The lowest BCUT2D eigenvalue weighted by molar-refractivity contribution is -0.384. The number of nitrogens with zero attached hydrogens (tertiary/aromatic N) is 4. The summed E-state index contributed by atoms with van der Waals surface area (Å²) in [6.45, 7) is 9.74. The maximum Gasteiger partial charge on any atom is 0.410 e. The van der Waals surface area contributed by atoms with E-state index in [1.54, 1.807) is 23.1 Å². The molecule has 1 N–H and O–H groups in total. The van der Waals surface area contributed by atoms with Crippen LogP contribution >= 0.6 is 0 Å². The number of nitro benzene ring substituents is 1. The highest BCUT2D eigenvalue weighted by Crippen LogP contribution is 2.34. The smallest absolute Gasteiger partial charge is 0.410 e. The number of carbonyl (C=O) groups is 2. The monoisotopic (exact) mass is 634 g/mol. The van der Waals surface area contributed by atoms with E-state index in [9.17, 15) is 24.8 Å². The van der Waals surface area contributed by atoms with E-state index >= 15 is 0 Å². The van der Waals surface area contributed by atoms with E-state index in [1.807, 2.05) is 13.1 Å². The zero-order valence-electron chi connectivity index (χ0n) is 27.4. The Morgan fingerprint density at radius 3 is 2.33 bits per heavy atom. The Morgan fingerprint density at radius 1 is 1.09 bits per heavy atom. The molecule has 10 nitrogen and oxygen atoms in total. The van der Waals surface area contributed by atoms with Gasteiger partial charge in [-0.25, -0.2) is 4.79 Å². The van der Waals surface area contributed by atoms with Crippen molar-refractivity contribution >= 4 is 17.7 Å². The minimum atomic E-state index is -0.720. The number of ether oxygens (including phenoxy) is 1. The number of rotatable bonds is 15. The van der Waals surface area contributed by atoms with Crippen LogP contribution in [0.25, 0.3) is 0 Å². The van der Waals surface area contributed by atoms with Crippen molar-refractivity contribution < 1.29 is 24.4 Å². The molecule has 0 aromatic heterocycles. The first-order valence-corrected chi connectivity index (χ1v) is 16.6. The van der Waals surface area contributed by atoms with Crippen LogP contribution in [0.15, 0.2) is 67.3 Å². The first-order chi connectivity index (χ1) is 22.1. The third kappa shape index (κ3) is 9.39. The van der Waals surface area contributed by atoms with Crippen molar-refractivity contribution in [3.63, 3.8) is 0 Å². The summed E-state index contributed by atoms with van der Waals surface area (Å²) in [5, 5.41) is 21.2. The van der Waals surface area contributed by atoms with E-state index in [0.717, 1.165) is 64.6 Å². The predicted octanol–water partition coefficient (Wildman–Crippen LogP) is 6.50. The summed E-state index contributed by atoms with van der Waals surface area (Å²) in [6.07, 6.45) is 9.16. The van der Waals surface area contributed by atoms with E-state index in [1.165, 1.54) is 24.1 Å². The molecule has 0 radical (unpaired) electrons. The van der Waals surface area contributed by atoms with Crippen LogP contribution in [0, 0.1) is 16.0 Å². The molecule has 2 fully saturated rings. The van der Waals surface area contributed by atoms with Gasteiger partial charge < -0.3 is 19.6 Å². The van der Waals surface area contributed by atoms with Crippen LogP contribution < -0.4 is 0 Å². The zero-order chi connectivity index (χ0) is 33.1. The number of carbonyl (C=O) groups excluding carboxylic acids is 1. The molecule has 0 unspecified atom stereocenters. The number of likely N-dealkylation sites (N-methyl/N-ethyl adjacent to an activating group) is 1. The van der Waals surface area contributed by atoms with Gasteiger partial charge in [-0.15, -0.1) is 6.58 Å². The quantitative estimate of drug-likeness (QED) is 0.134. The average molecular weight is 635 g/mol. The van der Waals surface area contributed by atoms with Crippen LogP contribution in [0.1, 0.15) is 69.4 Å². The zero-order valence-corrected chi connectivity index (χ0v) is 27.4. The van der Waals surface area contributed by atoms with E-state index in [2.05, 4.69) is 47.6 Å². The summed E-state index contributed by atoms with van der Waals surface area (Å²) < 4.78 is 5.59. The molecule has 2 aromatic rings. The lowest BCUT2D eigenvalue weighted by Crippen LogP contribution is -2.51. The standard InChI is InChI=1S/C36H50N4O6/c1-4-22-39(35(43)46-26-28-15-17-32(18-16-28)40(44)45)31-19-23-38(24-20-31)25-21-36(2,30-13-9-6-10-14-30)27-37(3)33(34(41)42)29-11-7-5-8-12-29/h4,6,9-10,13-18,29,31,33H,1,5,7-8,11-12,19-27H2,2-3H3,(H,41,42)/t33-,36-/m1/s1. The molecule has 1 aliphatic carbocycles. The van der Waals surface area contributed by atoms with Gasteiger partial charge in [-0.3, -0.25) is 19.8 Å². The minimum absolute atomic E-state index is 0.00451. The van der Waals surface area contributed by atoms with Gasteiger partial charge in [-0.05, 0) is 74.9 Å². The molecule has 250 valence electrons. The molecule has 2 atom stereocenters. The number of amides is 1. The van der Waals surface area contributed by atoms with Gasteiger partial charge in [0.15, 0.2) is 0 Å². The Kier molecular flexibility index (Phi) is 12.7. The summed E-state index contributed by atoms with van der Waals surface area (Å²) in [4.78, 5) is 42.3. The molecule has 10 heteroatoms. The number of non-ortho nitro benzene ring substituents is 1. The van der Waals surface area contributed by atoms with E-state index in [0.29, 0.717) is 18.7 Å². The van der Waals surface area contributed by atoms with Crippen LogP contribution in [0.3, 0.4) is 0 Å². The topological polar surface area (TPSA) is 116 Å². The van der Waals surface area contributed by atoms with Crippen LogP contribution in [-0.2, 0) is 21.6 Å². The van der Waals surface area contributed by atoms with Crippen molar-refractivity contribution in [2.24, 2.45) is 5.92 Å². The fraction of sp³-hybridized carbons (Fsp3) is 0.556. The number of nitro groups is 1. The summed E-state index contributed by atoms with van der Waals surface area (Å²) in [5.74, 6) is -0.531. The lowest BCUT2D eigenvalue weighted by Gasteiger charge is -2.42. The normalized spacial score (nSPS) is 18.4. The number of benzene rings is 2. The molecule has 0 bridgehead atoms. The molecule has 4 rings (SSSR count). The average Bonchev–Trinajstić information content (AvgIpc) is 3.06. The second-order valence-corrected chi connectivity index (χ2v) is 13.3. The van der Waals surface area contributed by atoms with E-state index in [-0.39, 0.29) is 29.7 Å². The fourth-order valence-corrected chi connectivity index (χ4v) is 7.32. The second kappa shape index (κ2) is 16.7. The Balaban J connectivity index is 1.34. The second-order valence-electron chi connectivity index (χ2n) is 13.3. The van der Waals surface area contributed by atoms with Crippen LogP contribution in [0.4, 0.5) is 10.5 Å². The highest BCUT2D eigenvalue weighted by Gasteiger charge is 2.38. The summed E-state index contributed by atoms with van der Waals surface area (Å²) in [7, 11) is 1.98. The lowest BCUT2D eigenvalue weighted by atomic mass is 9.77. The number of piperidine rings is 1. The Morgan fingerprint density at radius 2 is 1.74 bits per heavy atom. The molecular weight excluding hydrogens is 584 g/mol. The van der Waals surface area contributed by atoms with E-state index < -0.39 is 23.0 Å². The van der Waals surface area contributed by atoms with Gasteiger partial charge in [0.2, 0.25) is 0 Å². The van der Waals surface area contributed by atoms with Gasteiger partial charge in [0.05, 0.1) is 4.92 Å². The van der Waals surface area contributed by atoms with Crippen molar-refractivity contribution in [3.8, 4) is 0 Å². The number of carboxylic acid groups (broad SMARTS) is 1. The Hall–Kier alpha value is -3.76. The van der Waals surface area contributed by atoms with Gasteiger partial charge >= 0.3 is 12.1 Å². The Bertz CT molecular complexity index is 1290. The van der Waals surface area contributed by atoms with Gasteiger partial charge in [0.1, 0.15) is 12.6 Å². The molecule has 1 heterocycles. The highest BCUT2D eigenvalue weighted by atomic mass is 16.6. The molecule has 0 spiro atoms. The first kappa shape index (κ1) is 35.1. The molecule has 2 aliphatic rings. The number of carboxylic acids is 1. The largest absolute Gasteiger partial charge is 0.480 e. The van der Waals surface area contributed by atoms with Gasteiger partial charge in [-0.2, -0.15) is 0 Å². The number of hydrogen-bond acceptors (Lipinski definition) is 7. The summed E-state index contributed by atoms with van der Waals surface area (Å²) >= 11 is 0. The molecule has 46 heavy (non-hydrogen) atoms. The van der Waals surface area contributed by atoms with Crippen LogP contribution in [0.5, 0.6) is 0 Å². The molecule has 1 saturated carbocycles. The van der Waals surface area contributed by atoms with Gasteiger partial charge in [0, 0.05) is 49.8 Å². The van der Waals surface area contributed by atoms with E-state index in [4.69, 9.17) is 4.74 Å². The maximum atomic E-state index is 13.1. The number of aliphatic carboxylic acids is 1. The molecule has 2 aromatic carbocycles. The molecular formula is C36H50N4O6. The SMILES string of the molecule is C=CCN(C(=O)OCc1ccc([N+](=O)[O-])cc1)C1CCN(CC[C@](C)(CN(C)[C@@H](C(=O)O)C2CCCCC2)c2ccccc2)CC1. The fourth-order valence-electron chi connectivity index (χ4n) is 7.32. The summed E-state index contributed by atoms with van der Waals surface area (Å²) in [6, 6.07) is 16.0. The van der Waals surface area contributed by atoms with Crippen molar-refractivity contribution in [1.82, 2.24) is 14.7 Å². The van der Waals surface area contributed by atoms with Crippen molar-refractivity contribution in [1.29, 1.82) is 0 Å².